The fourth-order valence-electron chi connectivity index (χ4n) is 3.10. The van der Waals surface area contributed by atoms with Crippen molar-refractivity contribution in [2.45, 2.75) is 51.6 Å². The van der Waals surface area contributed by atoms with Gasteiger partial charge in [-0.25, -0.2) is 0 Å². The molecule has 0 spiro atoms. The van der Waals surface area contributed by atoms with Crippen molar-refractivity contribution in [3.8, 4) is 0 Å². The zero-order valence-electron chi connectivity index (χ0n) is 12.2. The first-order valence-electron chi connectivity index (χ1n) is 6.97. The second kappa shape index (κ2) is 5.72. The quantitative estimate of drug-likeness (QED) is 0.879. The number of hydrogen-bond acceptors (Lipinski definition) is 3. The summed E-state index contributed by atoms with van der Waals surface area (Å²) in [6.45, 7) is 6.56. The van der Waals surface area contributed by atoms with E-state index in [-0.39, 0.29) is 0 Å². The molecule has 0 amide bonds. The Labute approximate surface area is 115 Å². The van der Waals surface area contributed by atoms with Gasteiger partial charge in [0, 0.05) is 28.4 Å². The van der Waals surface area contributed by atoms with Crippen LogP contribution in [0, 0.1) is 13.8 Å². The molecule has 18 heavy (non-hydrogen) atoms. The first kappa shape index (κ1) is 14.0. The van der Waals surface area contributed by atoms with Crippen molar-refractivity contribution in [1.82, 2.24) is 10.2 Å². The average Bonchev–Trinajstić information content (AvgIpc) is 2.88. The number of likely N-dealkylation sites (N-methyl/N-ethyl adjacent to an activating group) is 1. The van der Waals surface area contributed by atoms with E-state index >= 15 is 0 Å². The summed E-state index contributed by atoms with van der Waals surface area (Å²) in [6, 6.07) is 2.32. The van der Waals surface area contributed by atoms with Crippen molar-refractivity contribution >= 4 is 11.3 Å². The molecule has 0 saturated heterocycles. The van der Waals surface area contributed by atoms with Crippen molar-refractivity contribution in [2.24, 2.45) is 0 Å². The van der Waals surface area contributed by atoms with Gasteiger partial charge in [-0.1, -0.05) is 12.8 Å². The lowest BCUT2D eigenvalue weighted by Gasteiger charge is -2.36. The molecule has 1 aliphatic rings. The molecule has 1 heterocycles. The molecule has 2 rings (SSSR count). The summed E-state index contributed by atoms with van der Waals surface area (Å²) in [5.74, 6) is 0. The molecule has 102 valence electrons. The van der Waals surface area contributed by atoms with E-state index in [9.17, 15) is 0 Å². The molecule has 1 aromatic heterocycles. The molecule has 1 N–H and O–H groups in total. The normalized spacial score (nSPS) is 18.7. The van der Waals surface area contributed by atoms with Gasteiger partial charge in [0.05, 0.1) is 0 Å². The number of nitrogens with zero attached hydrogens (tertiary/aromatic N) is 1. The smallest absolute Gasteiger partial charge is 0.0328 e. The molecular formula is C15H26N2S. The predicted molar refractivity (Wildman–Crippen MR) is 80.4 cm³/mol. The Kier molecular flexibility index (Phi) is 4.46. The summed E-state index contributed by atoms with van der Waals surface area (Å²) in [7, 11) is 4.46. The lowest BCUT2D eigenvalue weighted by Crippen LogP contribution is -2.49. The predicted octanol–water partition coefficient (Wildman–Crippen LogP) is 3.33. The lowest BCUT2D eigenvalue weighted by atomic mass is 9.96. The monoisotopic (exact) mass is 266 g/mol. The van der Waals surface area contributed by atoms with Crippen molar-refractivity contribution in [3.05, 3.63) is 21.4 Å². The van der Waals surface area contributed by atoms with E-state index in [0.717, 1.165) is 13.1 Å². The van der Waals surface area contributed by atoms with Crippen molar-refractivity contribution in [2.75, 3.05) is 20.6 Å². The number of rotatable bonds is 5. The molecular weight excluding hydrogens is 240 g/mol. The maximum Gasteiger partial charge on any atom is 0.0328 e. The topological polar surface area (TPSA) is 15.3 Å². The highest BCUT2D eigenvalue weighted by molar-refractivity contribution is 7.12. The standard InChI is InChI=1S/C15H26N2S/c1-12-9-14(13(2)18-12)10-16-11-15(17(3)4)7-5-6-8-15/h9,16H,5-8,10-11H2,1-4H3. The Morgan fingerprint density at radius 3 is 2.44 bits per heavy atom. The van der Waals surface area contributed by atoms with Crippen LogP contribution in [0.25, 0.3) is 0 Å². The van der Waals surface area contributed by atoms with Gasteiger partial charge < -0.3 is 10.2 Å². The van der Waals surface area contributed by atoms with E-state index < -0.39 is 0 Å². The van der Waals surface area contributed by atoms with Gasteiger partial charge in [-0.05, 0) is 52.4 Å². The third kappa shape index (κ3) is 2.95. The molecule has 0 unspecified atom stereocenters. The van der Waals surface area contributed by atoms with Gasteiger partial charge in [0.1, 0.15) is 0 Å². The van der Waals surface area contributed by atoms with Crippen molar-refractivity contribution < 1.29 is 0 Å². The van der Waals surface area contributed by atoms with Gasteiger partial charge in [-0.2, -0.15) is 0 Å². The summed E-state index contributed by atoms with van der Waals surface area (Å²) in [6.07, 6.45) is 5.45. The molecule has 1 aromatic rings. The molecule has 0 aliphatic heterocycles. The molecule has 1 saturated carbocycles. The summed E-state index contributed by atoms with van der Waals surface area (Å²) in [5.41, 5.74) is 1.88. The second-order valence-electron chi connectivity index (χ2n) is 5.87. The van der Waals surface area contributed by atoms with Crippen LogP contribution in [-0.2, 0) is 6.54 Å². The number of aryl methyl sites for hydroxylation is 2. The molecule has 1 aliphatic carbocycles. The minimum absolute atomic E-state index is 0.402. The van der Waals surface area contributed by atoms with Gasteiger partial charge in [-0.3, -0.25) is 0 Å². The van der Waals surface area contributed by atoms with Gasteiger partial charge in [0.2, 0.25) is 0 Å². The zero-order chi connectivity index (χ0) is 13.2. The Hall–Kier alpha value is -0.380. The summed E-state index contributed by atoms with van der Waals surface area (Å²) in [5, 5.41) is 3.68. The van der Waals surface area contributed by atoms with Gasteiger partial charge in [0.15, 0.2) is 0 Å². The van der Waals surface area contributed by atoms with E-state index in [4.69, 9.17) is 0 Å². The Morgan fingerprint density at radius 1 is 1.28 bits per heavy atom. The van der Waals surface area contributed by atoms with Crippen LogP contribution in [-0.4, -0.2) is 31.1 Å². The molecule has 0 bridgehead atoms. The molecule has 0 atom stereocenters. The number of nitrogens with one attached hydrogen (secondary N) is 1. The van der Waals surface area contributed by atoms with Crippen molar-refractivity contribution in [1.29, 1.82) is 0 Å². The van der Waals surface area contributed by atoms with E-state index in [0.29, 0.717) is 5.54 Å². The highest BCUT2D eigenvalue weighted by Gasteiger charge is 2.35. The first-order chi connectivity index (χ1) is 8.53. The summed E-state index contributed by atoms with van der Waals surface area (Å²) >= 11 is 1.91. The Bertz CT molecular complexity index is 389. The molecule has 0 radical (unpaired) electrons. The van der Waals surface area contributed by atoms with E-state index in [1.165, 1.54) is 41.0 Å². The van der Waals surface area contributed by atoms with E-state index in [2.05, 4.69) is 44.2 Å². The van der Waals surface area contributed by atoms with Crippen LogP contribution in [0.15, 0.2) is 6.07 Å². The highest BCUT2D eigenvalue weighted by Crippen LogP contribution is 2.33. The van der Waals surface area contributed by atoms with Crippen LogP contribution in [0.3, 0.4) is 0 Å². The molecule has 1 fully saturated rings. The highest BCUT2D eigenvalue weighted by atomic mass is 32.1. The molecule has 2 nitrogen and oxygen atoms in total. The van der Waals surface area contributed by atoms with Crippen LogP contribution in [0.4, 0.5) is 0 Å². The third-order valence-corrected chi connectivity index (χ3v) is 5.40. The number of hydrogen-bond donors (Lipinski definition) is 1. The minimum Gasteiger partial charge on any atom is -0.311 e. The average molecular weight is 266 g/mol. The first-order valence-corrected chi connectivity index (χ1v) is 7.79. The zero-order valence-corrected chi connectivity index (χ0v) is 13.0. The van der Waals surface area contributed by atoms with Crippen LogP contribution in [0.2, 0.25) is 0 Å². The maximum atomic E-state index is 3.68. The largest absolute Gasteiger partial charge is 0.311 e. The van der Waals surface area contributed by atoms with Crippen molar-refractivity contribution in [3.63, 3.8) is 0 Å². The second-order valence-corrected chi connectivity index (χ2v) is 7.33. The van der Waals surface area contributed by atoms with Gasteiger partial charge >= 0.3 is 0 Å². The van der Waals surface area contributed by atoms with Crippen LogP contribution in [0.1, 0.15) is 41.0 Å². The van der Waals surface area contributed by atoms with Crippen LogP contribution in [0.5, 0.6) is 0 Å². The lowest BCUT2D eigenvalue weighted by molar-refractivity contribution is 0.153. The fourth-order valence-corrected chi connectivity index (χ4v) is 4.05. The Morgan fingerprint density at radius 2 is 1.94 bits per heavy atom. The SMILES string of the molecule is Cc1cc(CNCC2(N(C)C)CCCC2)c(C)s1. The van der Waals surface area contributed by atoms with Crippen LogP contribution >= 0.6 is 11.3 Å². The van der Waals surface area contributed by atoms with Gasteiger partial charge in [0.25, 0.3) is 0 Å². The fraction of sp³-hybridized carbons (Fsp3) is 0.733. The third-order valence-electron chi connectivity index (χ3n) is 4.40. The molecule has 3 heteroatoms. The molecule has 0 aromatic carbocycles. The summed E-state index contributed by atoms with van der Waals surface area (Å²) < 4.78 is 0. The number of thiophene rings is 1. The minimum atomic E-state index is 0.402. The van der Waals surface area contributed by atoms with Gasteiger partial charge in [-0.15, -0.1) is 11.3 Å². The Balaban J connectivity index is 1.89. The summed E-state index contributed by atoms with van der Waals surface area (Å²) in [4.78, 5) is 5.32. The van der Waals surface area contributed by atoms with E-state index in [1.807, 2.05) is 11.3 Å². The maximum absolute atomic E-state index is 3.68. The van der Waals surface area contributed by atoms with Crippen LogP contribution < -0.4 is 5.32 Å². The van der Waals surface area contributed by atoms with E-state index in [1.54, 1.807) is 0 Å².